The minimum absolute atomic E-state index is 0.137. The smallest absolute Gasteiger partial charge is 0.303 e. The second-order valence-corrected chi connectivity index (χ2v) is 10.8. The Labute approximate surface area is 227 Å². The number of nitrogen functional groups attached to an aromatic ring is 1. The van der Waals surface area contributed by atoms with Gasteiger partial charge in [-0.25, -0.2) is 4.98 Å². The van der Waals surface area contributed by atoms with Gasteiger partial charge in [0, 0.05) is 30.8 Å². The number of hydrogen-bond donors (Lipinski definition) is 2. The Kier molecular flexibility index (Phi) is 7.94. The zero-order valence-electron chi connectivity index (χ0n) is 21.7. The minimum Gasteiger partial charge on any atom is -0.489 e. The van der Waals surface area contributed by atoms with Crippen LogP contribution in [0.3, 0.4) is 0 Å². The van der Waals surface area contributed by atoms with E-state index in [0.29, 0.717) is 13.0 Å². The lowest BCUT2D eigenvalue weighted by atomic mass is 10.1. The van der Waals surface area contributed by atoms with Crippen LogP contribution in [0.5, 0.6) is 5.75 Å². The van der Waals surface area contributed by atoms with Crippen molar-refractivity contribution < 1.29 is 14.6 Å². The molecule has 7 heteroatoms. The molecule has 1 aliphatic heterocycles. The van der Waals surface area contributed by atoms with Crippen molar-refractivity contribution >= 4 is 28.0 Å². The predicted molar refractivity (Wildman–Crippen MR) is 154 cm³/mol. The quantitative estimate of drug-likeness (QED) is 0.237. The van der Waals surface area contributed by atoms with E-state index in [1.54, 1.807) is 11.3 Å². The molecule has 0 atom stereocenters. The molecule has 1 aromatic heterocycles. The molecule has 0 amide bonds. The molecule has 6 nitrogen and oxygen atoms in total. The third-order valence-corrected chi connectivity index (χ3v) is 8.13. The molecule has 3 N–H and O–H groups in total. The zero-order chi connectivity index (χ0) is 26.5. The number of anilines is 2. The summed E-state index contributed by atoms with van der Waals surface area (Å²) >= 11 is 1.78. The van der Waals surface area contributed by atoms with Gasteiger partial charge >= 0.3 is 5.97 Å². The maximum Gasteiger partial charge on any atom is 0.303 e. The summed E-state index contributed by atoms with van der Waals surface area (Å²) in [4.78, 5) is 18.3. The largest absolute Gasteiger partial charge is 0.489 e. The SMILES string of the molecule is Cc1cc(-c2nc3c(s2)N(Cc2ccc(COc4ccc(CCC(=O)O)cc4)cc2)CCCC3)ccc1N. The summed E-state index contributed by atoms with van der Waals surface area (Å²) in [6.07, 6.45) is 4.01. The topological polar surface area (TPSA) is 88.7 Å². The number of carbonyl (C=O) groups is 1. The number of thiazole rings is 1. The number of fused-ring (bicyclic) bond motifs is 1. The Morgan fingerprint density at radius 1 is 1.03 bits per heavy atom. The number of nitrogens with two attached hydrogens (primary N) is 1. The summed E-state index contributed by atoms with van der Waals surface area (Å²) in [6.45, 7) is 4.41. The molecule has 5 rings (SSSR count). The first-order valence-electron chi connectivity index (χ1n) is 13.1. The third-order valence-electron chi connectivity index (χ3n) is 6.93. The maximum absolute atomic E-state index is 10.7. The molecule has 0 saturated heterocycles. The van der Waals surface area contributed by atoms with Gasteiger partial charge in [0.15, 0.2) is 0 Å². The third kappa shape index (κ3) is 6.34. The van der Waals surface area contributed by atoms with Gasteiger partial charge in [-0.2, -0.15) is 0 Å². The number of aryl methyl sites for hydroxylation is 3. The second-order valence-electron chi connectivity index (χ2n) is 9.86. The first-order chi connectivity index (χ1) is 18.4. The van der Waals surface area contributed by atoms with Crippen LogP contribution < -0.4 is 15.4 Å². The Morgan fingerprint density at radius 3 is 2.50 bits per heavy atom. The lowest BCUT2D eigenvalue weighted by molar-refractivity contribution is -0.136. The van der Waals surface area contributed by atoms with Crippen LogP contribution in [0.25, 0.3) is 10.6 Å². The highest BCUT2D eigenvalue weighted by molar-refractivity contribution is 7.19. The van der Waals surface area contributed by atoms with Crippen molar-refractivity contribution in [2.45, 2.75) is 52.2 Å². The first kappa shape index (κ1) is 25.8. The molecular formula is C31H33N3O3S. The number of carboxylic acids is 1. The van der Waals surface area contributed by atoms with Crippen molar-refractivity contribution in [2.24, 2.45) is 0 Å². The van der Waals surface area contributed by atoms with Crippen molar-refractivity contribution in [1.29, 1.82) is 0 Å². The molecule has 0 spiro atoms. The van der Waals surface area contributed by atoms with E-state index >= 15 is 0 Å². The normalized spacial score (nSPS) is 13.1. The molecule has 3 aromatic carbocycles. The Hall–Kier alpha value is -3.84. The average molecular weight is 528 g/mol. The molecule has 196 valence electrons. The molecule has 0 aliphatic carbocycles. The highest BCUT2D eigenvalue weighted by Gasteiger charge is 2.21. The van der Waals surface area contributed by atoms with Gasteiger partial charge in [-0.05, 0) is 85.2 Å². The number of benzene rings is 3. The number of nitrogens with zero attached hydrogens (tertiary/aromatic N) is 2. The number of hydrogen-bond acceptors (Lipinski definition) is 6. The molecule has 38 heavy (non-hydrogen) atoms. The first-order valence-corrected chi connectivity index (χ1v) is 13.9. The van der Waals surface area contributed by atoms with E-state index in [9.17, 15) is 4.79 Å². The van der Waals surface area contributed by atoms with E-state index in [0.717, 1.165) is 64.6 Å². The van der Waals surface area contributed by atoms with E-state index in [2.05, 4.69) is 41.3 Å². The molecule has 4 aromatic rings. The number of carboxylic acid groups (broad SMARTS) is 1. The maximum atomic E-state index is 10.7. The van der Waals surface area contributed by atoms with Crippen molar-refractivity contribution in [3.05, 3.63) is 94.7 Å². The number of rotatable bonds is 9. The van der Waals surface area contributed by atoms with Crippen molar-refractivity contribution in [2.75, 3.05) is 17.2 Å². The molecule has 2 heterocycles. The second kappa shape index (κ2) is 11.7. The summed E-state index contributed by atoms with van der Waals surface area (Å²) < 4.78 is 5.94. The van der Waals surface area contributed by atoms with Crippen molar-refractivity contribution in [3.8, 4) is 16.3 Å². The van der Waals surface area contributed by atoms with Crippen LogP contribution in [0.1, 0.15) is 47.2 Å². The van der Waals surface area contributed by atoms with Gasteiger partial charge in [-0.1, -0.05) is 47.7 Å². The molecule has 0 fully saturated rings. The van der Waals surface area contributed by atoms with Gasteiger partial charge in [0.2, 0.25) is 0 Å². The lowest BCUT2D eigenvalue weighted by Gasteiger charge is -2.22. The van der Waals surface area contributed by atoms with Crippen LogP contribution in [0.15, 0.2) is 66.7 Å². The summed E-state index contributed by atoms with van der Waals surface area (Å²) in [7, 11) is 0. The van der Waals surface area contributed by atoms with Gasteiger partial charge in [0.05, 0.1) is 5.69 Å². The zero-order valence-corrected chi connectivity index (χ0v) is 22.5. The molecule has 0 radical (unpaired) electrons. The van der Waals surface area contributed by atoms with E-state index in [-0.39, 0.29) is 6.42 Å². The van der Waals surface area contributed by atoms with Crippen LogP contribution in [0.2, 0.25) is 0 Å². The van der Waals surface area contributed by atoms with Gasteiger partial charge < -0.3 is 20.5 Å². The van der Waals surface area contributed by atoms with Gasteiger partial charge in [0.25, 0.3) is 0 Å². The summed E-state index contributed by atoms with van der Waals surface area (Å²) in [6, 6.07) is 22.5. The van der Waals surface area contributed by atoms with Crippen molar-refractivity contribution in [3.63, 3.8) is 0 Å². The highest BCUT2D eigenvalue weighted by atomic mass is 32.1. The van der Waals surface area contributed by atoms with E-state index in [4.69, 9.17) is 20.6 Å². The average Bonchev–Trinajstić information content (AvgIpc) is 3.26. The van der Waals surface area contributed by atoms with Crippen LogP contribution in [-0.2, 0) is 30.8 Å². The predicted octanol–water partition coefficient (Wildman–Crippen LogP) is 6.64. The van der Waals surface area contributed by atoms with Crippen LogP contribution in [0.4, 0.5) is 10.7 Å². The summed E-state index contributed by atoms with van der Waals surface area (Å²) in [5, 5.41) is 11.2. The van der Waals surface area contributed by atoms with Gasteiger partial charge in [0.1, 0.15) is 22.4 Å². The van der Waals surface area contributed by atoms with Crippen LogP contribution in [-0.4, -0.2) is 22.6 Å². The Bertz CT molecular complexity index is 1400. The summed E-state index contributed by atoms with van der Waals surface area (Å²) in [5.41, 5.74) is 13.6. The fraction of sp³-hybridized carbons (Fsp3) is 0.290. The van der Waals surface area contributed by atoms with Crippen LogP contribution in [0, 0.1) is 6.92 Å². The fourth-order valence-electron chi connectivity index (χ4n) is 4.66. The van der Waals surface area contributed by atoms with Crippen molar-refractivity contribution in [1.82, 2.24) is 4.98 Å². The number of ether oxygens (including phenoxy) is 1. The summed E-state index contributed by atoms with van der Waals surface area (Å²) in [5.74, 6) is -0.00218. The Balaban J connectivity index is 1.22. The van der Waals surface area contributed by atoms with Gasteiger partial charge in [-0.15, -0.1) is 0 Å². The lowest BCUT2D eigenvalue weighted by Crippen LogP contribution is -2.22. The van der Waals surface area contributed by atoms with E-state index in [1.165, 1.54) is 22.7 Å². The number of aliphatic carboxylic acids is 1. The van der Waals surface area contributed by atoms with Crippen LogP contribution >= 0.6 is 11.3 Å². The van der Waals surface area contributed by atoms with E-state index in [1.807, 2.05) is 37.3 Å². The molecule has 0 saturated carbocycles. The number of aromatic nitrogens is 1. The molecule has 1 aliphatic rings. The van der Waals surface area contributed by atoms with Gasteiger partial charge in [-0.3, -0.25) is 4.79 Å². The standard InChI is InChI=1S/C31H33N3O3S/c1-21-18-25(12-15-27(21)32)30-33-28-4-2-3-17-34(31(28)38-30)19-23-5-7-24(8-6-23)20-37-26-13-9-22(10-14-26)11-16-29(35)36/h5-10,12-15,18H,2-4,11,16-17,19-20,32H2,1H3,(H,35,36). The monoisotopic (exact) mass is 527 g/mol. The minimum atomic E-state index is -0.782. The molecule has 0 bridgehead atoms. The molecular weight excluding hydrogens is 494 g/mol. The van der Waals surface area contributed by atoms with E-state index < -0.39 is 5.97 Å². The Morgan fingerprint density at radius 2 is 1.76 bits per heavy atom. The molecule has 0 unspecified atom stereocenters. The highest BCUT2D eigenvalue weighted by Crippen LogP contribution is 2.38. The fourth-order valence-corrected chi connectivity index (χ4v) is 5.80.